The molecule has 1 atom stereocenters. The molecule has 3 aromatic carbocycles. The molecular weight excluding hydrogens is 428 g/mol. The third kappa shape index (κ3) is 4.24. The minimum absolute atomic E-state index is 0.183. The average Bonchev–Trinajstić information content (AvgIpc) is 3.07. The first-order valence-corrected chi connectivity index (χ1v) is 9.85. The van der Waals surface area contributed by atoms with Gasteiger partial charge >= 0.3 is 5.97 Å². The number of hydrogen-bond donors (Lipinski definition) is 0. The summed E-state index contributed by atoms with van der Waals surface area (Å²) in [7, 11) is 0. The highest BCUT2D eigenvalue weighted by molar-refractivity contribution is 6.22. The Hall–Kier alpha value is -4.66. The van der Waals surface area contributed by atoms with Crippen molar-refractivity contribution < 1.29 is 28.8 Å². The zero-order chi connectivity index (χ0) is 23.5. The third-order valence-electron chi connectivity index (χ3n) is 5.12. The lowest BCUT2D eigenvalue weighted by atomic mass is 9.99. The van der Waals surface area contributed by atoms with Gasteiger partial charge in [-0.25, -0.2) is 0 Å². The summed E-state index contributed by atoms with van der Waals surface area (Å²) in [6.45, 7) is -0.683. The van der Waals surface area contributed by atoms with Crippen molar-refractivity contribution in [3.8, 4) is 0 Å². The van der Waals surface area contributed by atoms with Gasteiger partial charge < -0.3 is 4.74 Å². The molecule has 0 spiro atoms. The molecule has 0 bridgehead atoms. The molecule has 1 aliphatic heterocycles. The van der Waals surface area contributed by atoms with Crippen LogP contribution in [0.2, 0.25) is 0 Å². The van der Waals surface area contributed by atoms with Crippen molar-refractivity contribution in [3.05, 3.63) is 111 Å². The molecule has 164 valence electrons. The van der Waals surface area contributed by atoms with Crippen LogP contribution >= 0.6 is 0 Å². The van der Waals surface area contributed by atoms with Crippen molar-refractivity contribution in [2.45, 2.75) is 6.10 Å². The number of esters is 1. The van der Waals surface area contributed by atoms with E-state index in [1.807, 2.05) is 0 Å². The highest BCUT2D eigenvalue weighted by Crippen LogP contribution is 2.26. The summed E-state index contributed by atoms with van der Waals surface area (Å²) < 4.78 is 5.41. The molecule has 1 heterocycles. The molecule has 0 saturated heterocycles. The number of amides is 2. The van der Waals surface area contributed by atoms with E-state index < -0.39 is 41.1 Å². The fourth-order valence-electron chi connectivity index (χ4n) is 3.48. The molecule has 9 nitrogen and oxygen atoms in total. The molecule has 4 rings (SSSR count). The lowest BCUT2D eigenvalue weighted by molar-refractivity contribution is -0.384. The number of rotatable bonds is 7. The smallest absolute Gasteiger partial charge is 0.327 e. The third-order valence-corrected chi connectivity index (χ3v) is 5.12. The van der Waals surface area contributed by atoms with Crippen LogP contribution < -0.4 is 0 Å². The monoisotopic (exact) mass is 444 g/mol. The summed E-state index contributed by atoms with van der Waals surface area (Å²) in [6.07, 6.45) is -1.42. The second-order valence-corrected chi connectivity index (χ2v) is 7.19. The number of Topliss-reactive ketones (excluding diaryl/α,β-unsaturated/α-hetero) is 1. The molecule has 0 radical (unpaired) electrons. The van der Waals surface area contributed by atoms with Crippen LogP contribution in [0.5, 0.6) is 0 Å². The van der Waals surface area contributed by atoms with Crippen molar-refractivity contribution in [2.24, 2.45) is 0 Å². The van der Waals surface area contributed by atoms with Crippen LogP contribution in [0.4, 0.5) is 5.69 Å². The number of carbonyl (C=O) groups is 4. The van der Waals surface area contributed by atoms with Crippen LogP contribution in [0.1, 0.15) is 42.7 Å². The Balaban J connectivity index is 1.58. The number of non-ortho nitro benzene ring substituents is 1. The number of ether oxygens (including phenoxy) is 1. The molecule has 2 amide bonds. The molecule has 0 aromatic heterocycles. The number of fused-ring (bicyclic) bond motifs is 1. The van der Waals surface area contributed by atoms with Crippen LogP contribution in [-0.2, 0) is 9.53 Å². The van der Waals surface area contributed by atoms with Gasteiger partial charge in [-0.1, -0.05) is 42.5 Å². The predicted molar refractivity (Wildman–Crippen MR) is 115 cm³/mol. The van der Waals surface area contributed by atoms with Crippen molar-refractivity contribution in [1.29, 1.82) is 0 Å². The number of nitro groups is 1. The van der Waals surface area contributed by atoms with Crippen LogP contribution in [0.3, 0.4) is 0 Å². The Labute approximate surface area is 187 Å². The van der Waals surface area contributed by atoms with Crippen molar-refractivity contribution in [1.82, 2.24) is 4.90 Å². The predicted octanol–water partition coefficient (Wildman–Crippen LogP) is 3.36. The molecule has 3 aromatic rings. The van der Waals surface area contributed by atoms with E-state index in [1.165, 1.54) is 36.4 Å². The van der Waals surface area contributed by atoms with E-state index in [9.17, 15) is 29.3 Å². The van der Waals surface area contributed by atoms with Gasteiger partial charge in [0.15, 0.2) is 6.10 Å². The summed E-state index contributed by atoms with van der Waals surface area (Å²) in [4.78, 5) is 61.9. The van der Waals surface area contributed by atoms with E-state index >= 15 is 0 Å². The molecule has 0 unspecified atom stereocenters. The van der Waals surface area contributed by atoms with Crippen molar-refractivity contribution in [3.63, 3.8) is 0 Å². The van der Waals surface area contributed by atoms with Gasteiger partial charge in [0.2, 0.25) is 5.78 Å². The summed E-state index contributed by atoms with van der Waals surface area (Å²) in [5, 5.41) is 10.9. The number of nitro benzene ring substituents is 1. The lowest BCUT2D eigenvalue weighted by Crippen LogP contribution is -2.36. The van der Waals surface area contributed by atoms with Gasteiger partial charge in [-0.2, -0.15) is 0 Å². The maximum absolute atomic E-state index is 13.1. The van der Waals surface area contributed by atoms with Gasteiger partial charge in [-0.05, 0) is 24.3 Å². The van der Waals surface area contributed by atoms with E-state index in [0.29, 0.717) is 0 Å². The van der Waals surface area contributed by atoms with Crippen LogP contribution in [0.15, 0.2) is 78.9 Å². The fraction of sp³-hybridized carbons (Fsp3) is 0.0833. The molecule has 0 fully saturated rings. The molecule has 9 heteroatoms. The largest absolute Gasteiger partial charge is 0.448 e. The van der Waals surface area contributed by atoms with E-state index in [-0.39, 0.29) is 27.9 Å². The van der Waals surface area contributed by atoms with Gasteiger partial charge in [0.05, 0.1) is 16.1 Å². The van der Waals surface area contributed by atoms with Crippen molar-refractivity contribution >= 4 is 29.3 Å². The van der Waals surface area contributed by atoms with Crippen LogP contribution in [-0.4, -0.2) is 39.9 Å². The summed E-state index contributed by atoms with van der Waals surface area (Å²) in [5.41, 5.74) is 0.645. The fourth-order valence-corrected chi connectivity index (χ4v) is 3.48. The lowest BCUT2D eigenvalue weighted by Gasteiger charge is -2.19. The standard InChI is InChI=1S/C24H16N2O7/c27-20(14-25-23(29)18-8-4-5-9-19(18)24(25)30)33-22(21(28)15-6-2-1-3-7-15)16-10-12-17(13-11-16)26(31)32/h1-13,22H,14H2/t22-/m1/s1. The number of nitrogens with zero attached hydrogens (tertiary/aromatic N) is 2. The van der Waals surface area contributed by atoms with Crippen molar-refractivity contribution in [2.75, 3.05) is 6.54 Å². The maximum atomic E-state index is 13.1. The minimum atomic E-state index is -1.42. The number of hydrogen-bond acceptors (Lipinski definition) is 7. The summed E-state index contributed by atoms with van der Waals surface area (Å²) in [5.74, 6) is -2.79. The zero-order valence-electron chi connectivity index (χ0n) is 17.0. The van der Waals surface area contributed by atoms with E-state index in [2.05, 4.69) is 0 Å². The first kappa shape index (κ1) is 21.6. The van der Waals surface area contributed by atoms with Gasteiger partial charge in [-0.15, -0.1) is 0 Å². The average molecular weight is 444 g/mol. The number of benzene rings is 3. The number of imide groups is 1. The molecule has 0 aliphatic carbocycles. The molecule has 0 saturated carbocycles. The quantitative estimate of drug-likeness (QED) is 0.180. The highest BCUT2D eigenvalue weighted by Gasteiger charge is 2.37. The van der Waals surface area contributed by atoms with E-state index in [4.69, 9.17) is 4.74 Å². The maximum Gasteiger partial charge on any atom is 0.327 e. The number of carbonyl (C=O) groups excluding carboxylic acids is 4. The SMILES string of the molecule is O=C(CN1C(=O)c2ccccc2C1=O)O[C@@H](C(=O)c1ccccc1)c1ccc([N+](=O)[O-])cc1. The first-order valence-electron chi connectivity index (χ1n) is 9.85. The summed E-state index contributed by atoms with van der Waals surface area (Å²) >= 11 is 0. The second-order valence-electron chi connectivity index (χ2n) is 7.19. The topological polar surface area (TPSA) is 124 Å². The molecule has 33 heavy (non-hydrogen) atoms. The van der Waals surface area contributed by atoms with Crippen LogP contribution in [0, 0.1) is 10.1 Å². The normalized spacial score (nSPS) is 13.4. The van der Waals surface area contributed by atoms with E-state index in [0.717, 1.165) is 4.90 Å². The zero-order valence-corrected chi connectivity index (χ0v) is 17.0. The Morgan fingerprint density at radius 2 is 1.39 bits per heavy atom. The van der Waals surface area contributed by atoms with Crippen LogP contribution in [0.25, 0.3) is 0 Å². The Bertz CT molecular complexity index is 1230. The second kappa shape index (κ2) is 8.83. The minimum Gasteiger partial charge on any atom is -0.448 e. The molecule has 1 aliphatic rings. The highest BCUT2D eigenvalue weighted by atomic mass is 16.6. The van der Waals surface area contributed by atoms with Gasteiger partial charge in [0.1, 0.15) is 6.54 Å². The first-order chi connectivity index (χ1) is 15.9. The number of ketones is 1. The Morgan fingerprint density at radius 3 is 1.94 bits per heavy atom. The Morgan fingerprint density at radius 1 is 0.848 bits per heavy atom. The summed E-state index contributed by atoms with van der Waals surface area (Å²) in [6, 6.07) is 19.3. The molecule has 0 N–H and O–H groups in total. The molecular formula is C24H16N2O7. The van der Waals surface area contributed by atoms with Gasteiger partial charge in [0, 0.05) is 23.3 Å². The Kier molecular flexibility index (Phi) is 5.77. The van der Waals surface area contributed by atoms with Gasteiger partial charge in [0.25, 0.3) is 17.5 Å². The van der Waals surface area contributed by atoms with E-state index in [1.54, 1.807) is 42.5 Å². The van der Waals surface area contributed by atoms with Gasteiger partial charge in [-0.3, -0.25) is 34.2 Å².